The van der Waals surface area contributed by atoms with Gasteiger partial charge < -0.3 is 10.1 Å². The van der Waals surface area contributed by atoms with Crippen LogP contribution >= 0.6 is 22.7 Å². The van der Waals surface area contributed by atoms with Gasteiger partial charge in [0.1, 0.15) is 10.0 Å². The van der Waals surface area contributed by atoms with Crippen LogP contribution in [0.25, 0.3) is 20.8 Å². The lowest BCUT2D eigenvalue weighted by Gasteiger charge is -2.34. The summed E-state index contributed by atoms with van der Waals surface area (Å²) in [6.45, 7) is 8.40. The standard InChI is InChI=1S/C26H27N3O4S3/c1-15-13-29(14-16(2)33-15)36(31,32)20-11-9-19(10-12-20)24(30)28-26-23(17(3)18(4)34-26)25-27-21-7-5-6-8-22(21)35-25/h5-12,15-16H,13-14H2,1-4H3,(H,28,30). The van der Waals surface area contributed by atoms with Crippen molar-refractivity contribution in [3.05, 3.63) is 64.5 Å². The minimum absolute atomic E-state index is 0.165. The van der Waals surface area contributed by atoms with E-state index < -0.39 is 10.0 Å². The number of nitrogens with zero attached hydrogens (tertiary/aromatic N) is 2. The van der Waals surface area contributed by atoms with Crippen LogP contribution in [0.3, 0.4) is 0 Å². The maximum atomic E-state index is 13.1. The third-order valence-corrected chi connectivity index (χ3v) is 10.3. The van der Waals surface area contributed by atoms with E-state index in [-0.39, 0.29) is 23.0 Å². The van der Waals surface area contributed by atoms with Crippen molar-refractivity contribution in [2.75, 3.05) is 18.4 Å². The number of anilines is 1. The molecule has 2 aromatic heterocycles. The quantitative estimate of drug-likeness (QED) is 0.351. The molecule has 0 saturated carbocycles. The molecule has 1 saturated heterocycles. The summed E-state index contributed by atoms with van der Waals surface area (Å²) < 4.78 is 34.5. The van der Waals surface area contributed by atoms with E-state index in [0.29, 0.717) is 18.7 Å². The van der Waals surface area contributed by atoms with Crippen LogP contribution in [0.1, 0.15) is 34.6 Å². The van der Waals surface area contributed by atoms with Gasteiger partial charge in [-0.3, -0.25) is 4.79 Å². The Kier molecular flexibility index (Phi) is 6.73. The molecular formula is C26H27N3O4S3. The molecule has 36 heavy (non-hydrogen) atoms. The fourth-order valence-corrected chi connectivity index (χ4v) is 8.17. The fraction of sp³-hybridized carbons (Fsp3) is 0.308. The zero-order chi connectivity index (χ0) is 25.6. The van der Waals surface area contributed by atoms with E-state index in [1.807, 2.05) is 52.0 Å². The number of carbonyl (C=O) groups excluding carboxylic acids is 1. The molecule has 1 aliphatic rings. The first-order valence-corrected chi connectivity index (χ1v) is 14.7. The molecule has 3 heterocycles. The van der Waals surface area contributed by atoms with Crippen LogP contribution < -0.4 is 5.32 Å². The van der Waals surface area contributed by atoms with Crippen LogP contribution in [0.2, 0.25) is 0 Å². The number of morpholine rings is 1. The summed E-state index contributed by atoms with van der Waals surface area (Å²) in [7, 11) is -3.67. The smallest absolute Gasteiger partial charge is 0.256 e. The maximum Gasteiger partial charge on any atom is 0.256 e. The van der Waals surface area contributed by atoms with Crippen LogP contribution in [0.4, 0.5) is 5.00 Å². The lowest BCUT2D eigenvalue weighted by Crippen LogP contribution is -2.48. The predicted octanol–water partition coefficient (Wildman–Crippen LogP) is 5.69. The molecule has 1 aliphatic heterocycles. The van der Waals surface area contributed by atoms with Gasteiger partial charge in [-0.15, -0.1) is 22.7 Å². The molecule has 4 aromatic rings. The van der Waals surface area contributed by atoms with Crippen molar-refractivity contribution in [3.8, 4) is 10.6 Å². The number of para-hydroxylation sites is 1. The lowest BCUT2D eigenvalue weighted by atomic mass is 10.1. The number of fused-ring (bicyclic) bond motifs is 1. The van der Waals surface area contributed by atoms with Gasteiger partial charge in [-0.05, 0) is 69.7 Å². The summed E-state index contributed by atoms with van der Waals surface area (Å²) >= 11 is 3.11. The van der Waals surface area contributed by atoms with Crippen molar-refractivity contribution in [2.24, 2.45) is 0 Å². The molecule has 0 bridgehead atoms. The van der Waals surface area contributed by atoms with Crippen molar-refractivity contribution in [3.63, 3.8) is 0 Å². The SMILES string of the molecule is Cc1sc(NC(=O)c2ccc(S(=O)(=O)N3CC(C)OC(C)C3)cc2)c(-c2nc3ccccc3s2)c1C. The molecule has 188 valence electrons. The molecule has 2 aromatic carbocycles. The van der Waals surface area contributed by atoms with Crippen molar-refractivity contribution >= 4 is 53.8 Å². The maximum absolute atomic E-state index is 13.1. The highest BCUT2D eigenvalue weighted by Gasteiger charge is 2.32. The second-order valence-corrected chi connectivity index (χ2v) is 13.2. The number of carbonyl (C=O) groups is 1. The van der Waals surface area contributed by atoms with Gasteiger partial charge in [0.15, 0.2) is 0 Å². The van der Waals surface area contributed by atoms with Gasteiger partial charge in [-0.25, -0.2) is 13.4 Å². The Morgan fingerprint density at radius 3 is 2.36 bits per heavy atom. The summed E-state index contributed by atoms with van der Waals surface area (Å²) in [5.41, 5.74) is 3.34. The first-order valence-electron chi connectivity index (χ1n) is 11.7. The average Bonchev–Trinajstić information content (AvgIpc) is 3.38. The highest BCUT2D eigenvalue weighted by Crippen LogP contribution is 2.43. The van der Waals surface area contributed by atoms with Crippen LogP contribution in [-0.2, 0) is 14.8 Å². The Labute approximate surface area is 218 Å². The number of thiophene rings is 1. The highest BCUT2D eigenvalue weighted by molar-refractivity contribution is 7.89. The molecular weight excluding hydrogens is 515 g/mol. The molecule has 0 spiro atoms. The van der Waals surface area contributed by atoms with Crippen molar-refractivity contribution in [1.82, 2.24) is 9.29 Å². The lowest BCUT2D eigenvalue weighted by molar-refractivity contribution is -0.0440. The molecule has 2 atom stereocenters. The highest BCUT2D eigenvalue weighted by atomic mass is 32.2. The van der Waals surface area contributed by atoms with E-state index in [0.717, 1.165) is 36.2 Å². The number of amides is 1. The zero-order valence-electron chi connectivity index (χ0n) is 20.4. The third kappa shape index (κ3) is 4.71. The van der Waals surface area contributed by atoms with Crippen LogP contribution in [0.15, 0.2) is 53.4 Å². The Bertz CT molecular complexity index is 1500. The number of thiazole rings is 1. The van der Waals surface area contributed by atoms with Gasteiger partial charge in [-0.1, -0.05) is 12.1 Å². The van der Waals surface area contributed by atoms with Crippen molar-refractivity contribution in [2.45, 2.75) is 44.8 Å². The van der Waals surface area contributed by atoms with Gasteiger partial charge in [-0.2, -0.15) is 4.31 Å². The molecule has 0 aliphatic carbocycles. The third-order valence-electron chi connectivity index (χ3n) is 6.26. The van der Waals surface area contributed by atoms with Gasteiger partial charge in [0.25, 0.3) is 5.91 Å². The normalized spacial score (nSPS) is 19.0. The predicted molar refractivity (Wildman–Crippen MR) is 146 cm³/mol. The summed E-state index contributed by atoms with van der Waals surface area (Å²) in [5.74, 6) is -0.295. The van der Waals surface area contributed by atoms with E-state index >= 15 is 0 Å². The van der Waals surface area contributed by atoms with Crippen LogP contribution in [0, 0.1) is 13.8 Å². The number of aromatic nitrogens is 1. The van der Waals surface area contributed by atoms with Gasteiger partial charge >= 0.3 is 0 Å². The molecule has 1 N–H and O–H groups in total. The molecule has 5 rings (SSSR count). The molecule has 10 heteroatoms. The summed E-state index contributed by atoms with van der Waals surface area (Å²) in [5, 5.41) is 4.64. The van der Waals surface area contributed by atoms with E-state index in [1.165, 1.54) is 27.8 Å². The van der Waals surface area contributed by atoms with Crippen LogP contribution in [-0.4, -0.2) is 48.9 Å². The molecule has 7 nitrogen and oxygen atoms in total. The number of sulfonamides is 1. The second kappa shape index (κ2) is 9.68. The second-order valence-electron chi connectivity index (χ2n) is 9.03. The van der Waals surface area contributed by atoms with Crippen molar-refractivity contribution < 1.29 is 17.9 Å². The topological polar surface area (TPSA) is 88.6 Å². The minimum atomic E-state index is -3.67. The number of hydrogen-bond acceptors (Lipinski definition) is 7. The summed E-state index contributed by atoms with van der Waals surface area (Å²) in [6.07, 6.45) is -0.341. The van der Waals surface area contributed by atoms with Gasteiger partial charge in [0.2, 0.25) is 10.0 Å². The largest absolute Gasteiger partial charge is 0.373 e. The minimum Gasteiger partial charge on any atom is -0.373 e. The summed E-state index contributed by atoms with van der Waals surface area (Å²) in [4.78, 5) is 19.2. The van der Waals surface area contributed by atoms with Crippen molar-refractivity contribution in [1.29, 1.82) is 0 Å². The van der Waals surface area contributed by atoms with E-state index in [2.05, 4.69) is 5.32 Å². The fourth-order valence-electron chi connectivity index (χ4n) is 4.38. The molecule has 1 fully saturated rings. The molecule has 0 radical (unpaired) electrons. The van der Waals surface area contributed by atoms with E-state index in [9.17, 15) is 13.2 Å². The monoisotopic (exact) mass is 541 g/mol. The average molecular weight is 542 g/mol. The molecule has 1 amide bonds. The first kappa shape index (κ1) is 25.0. The Morgan fingerprint density at radius 1 is 1.03 bits per heavy atom. The number of rotatable bonds is 5. The zero-order valence-corrected chi connectivity index (χ0v) is 22.9. The van der Waals surface area contributed by atoms with E-state index in [1.54, 1.807) is 23.5 Å². The Hall–Kier alpha value is -2.63. The van der Waals surface area contributed by atoms with Gasteiger partial charge in [0.05, 0.1) is 27.3 Å². The number of ether oxygens (including phenoxy) is 1. The number of benzene rings is 2. The first-order chi connectivity index (χ1) is 17.1. The number of aryl methyl sites for hydroxylation is 1. The van der Waals surface area contributed by atoms with Gasteiger partial charge in [0, 0.05) is 29.1 Å². The summed E-state index contributed by atoms with van der Waals surface area (Å²) in [6, 6.07) is 14.1. The molecule has 2 unspecified atom stereocenters. The number of hydrogen-bond donors (Lipinski definition) is 1. The van der Waals surface area contributed by atoms with Crippen LogP contribution in [0.5, 0.6) is 0 Å². The number of nitrogens with one attached hydrogen (secondary N) is 1. The van der Waals surface area contributed by atoms with E-state index in [4.69, 9.17) is 9.72 Å². The Morgan fingerprint density at radius 2 is 1.69 bits per heavy atom. The Balaban J connectivity index is 1.39.